The lowest BCUT2D eigenvalue weighted by Gasteiger charge is -2.08. The van der Waals surface area contributed by atoms with Gasteiger partial charge in [-0.2, -0.15) is 5.10 Å². The van der Waals surface area contributed by atoms with Gasteiger partial charge in [-0.1, -0.05) is 13.8 Å². The van der Waals surface area contributed by atoms with Gasteiger partial charge in [-0.05, 0) is 37.1 Å². The van der Waals surface area contributed by atoms with Gasteiger partial charge >= 0.3 is 0 Å². The monoisotopic (exact) mass is 258 g/mol. The van der Waals surface area contributed by atoms with Gasteiger partial charge in [0.15, 0.2) is 0 Å². The number of hydrogen-bond donors (Lipinski definition) is 2. The number of primary amides is 1. The van der Waals surface area contributed by atoms with E-state index in [1.165, 1.54) is 0 Å². The molecule has 0 aliphatic carbocycles. The van der Waals surface area contributed by atoms with Crippen LogP contribution in [0.2, 0.25) is 0 Å². The molecule has 0 saturated carbocycles. The Hall–Kier alpha value is -2.30. The van der Waals surface area contributed by atoms with Gasteiger partial charge in [0.05, 0.1) is 16.9 Å². The van der Waals surface area contributed by atoms with Crippen molar-refractivity contribution in [1.82, 2.24) is 9.78 Å². The minimum Gasteiger partial charge on any atom is -0.398 e. The Balaban J connectivity index is 2.55. The van der Waals surface area contributed by atoms with Crippen molar-refractivity contribution in [3.8, 4) is 5.69 Å². The van der Waals surface area contributed by atoms with E-state index in [2.05, 4.69) is 25.0 Å². The van der Waals surface area contributed by atoms with E-state index in [9.17, 15) is 4.79 Å². The molecule has 2 aromatic rings. The van der Waals surface area contributed by atoms with Crippen LogP contribution >= 0.6 is 0 Å². The van der Waals surface area contributed by atoms with E-state index in [-0.39, 0.29) is 0 Å². The molecule has 5 heteroatoms. The van der Waals surface area contributed by atoms with E-state index >= 15 is 0 Å². The lowest BCUT2D eigenvalue weighted by molar-refractivity contribution is 0.100. The predicted octanol–water partition coefficient (Wildman–Crippen LogP) is 1.68. The topological polar surface area (TPSA) is 86.9 Å². The first-order valence-electron chi connectivity index (χ1n) is 6.34. The Kier molecular flexibility index (Phi) is 3.55. The van der Waals surface area contributed by atoms with Crippen LogP contribution in [0.15, 0.2) is 24.3 Å². The predicted molar refractivity (Wildman–Crippen MR) is 75.3 cm³/mol. The molecule has 2 rings (SSSR count). The van der Waals surface area contributed by atoms with E-state index in [1.54, 1.807) is 12.1 Å². The third-order valence-corrected chi connectivity index (χ3v) is 3.11. The number of carbonyl (C=O) groups excluding carboxylic acids is 1. The van der Waals surface area contributed by atoms with Gasteiger partial charge < -0.3 is 11.5 Å². The highest BCUT2D eigenvalue weighted by atomic mass is 16.1. The number of nitrogens with two attached hydrogens (primary N) is 2. The highest BCUT2D eigenvalue weighted by Gasteiger charge is 2.11. The van der Waals surface area contributed by atoms with Crippen LogP contribution in [0, 0.1) is 0 Å². The molecule has 5 nitrogen and oxygen atoms in total. The molecule has 1 amide bonds. The molecule has 19 heavy (non-hydrogen) atoms. The summed E-state index contributed by atoms with van der Waals surface area (Å²) >= 11 is 0. The molecule has 0 unspecified atom stereocenters. The first-order valence-corrected chi connectivity index (χ1v) is 6.34. The highest BCUT2D eigenvalue weighted by Crippen LogP contribution is 2.19. The molecule has 4 N–H and O–H groups in total. The molecular weight excluding hydrogens is 240 g/mol. The van der Waals surface area contributed by atoms with E-state index in [0.717, 1.165) is 29.9 Å². The minimum atomic E-state index is -0.528. The second-order valence-corrected chi connectivity index (χ2v) is 4.38. The van der Waals surface area contributed by atoms with Gasteiger partial charge in [-0.3, -0.25) is 4.79 Å². The fraction of sp³-hybridized carbons (Fsp3) is 0.286. The summed E-state index contributed by atoms with van der Waals surface area (Å²) in [6.45, 7) is 4.13. The molecule has 0 bridgehead atoms. The van der Waals surface area contributed by atoms with Crippen molar-refractivity contribution in [2.45, 2.75) is 26.7 Å². The second kappa shape index (κ2) is 5.14. The van der Waals surface area contributed by atoms with Crippen molar-refractivity contribution in [3.05, 3.63) is 41.2 Å². The molecule has 0 fully saturated rings. The molecule has 1 aromatic heterocycles. The van der Waals surface area contributed by atoms with Crippen LogP contribution in [0.4, 0.5) is 5.69 Å². The van der Waals surface area contributed by atoms with Gasteiger partial charge in [-0.15, -0.1) is 0 Å². The first kappa shape index (κ1) is 13.1. The first-order chi connectivity index (χ1) is 9.06. The van der Waals surface area contributed by atoms with Crippen molar-refractivity contribution >= 4 is 11.6 Å². The molecule has 0 radical (unpaired) electrons. The summed E-state index contributed by atoms with van der Waals surface area (Å²) in [4.78, 5) is 11.3. The summed E-state index contributed by atoms with van der Waals surface area (Å²) in [6.07, 6.45) is 1.74. The zero-order valence-electron chi connectivity index (χ0n) is 11.2. The Morgan fingerprint density at radius 2 is 2.00 bits per heavy atom. The van der Waals surface area contributed by atoms with Crippen LogP contribution in [0.3, 0.4) is 0 Å². The number of nitrogens with zero attached hydrogens (tertiary/aromatic N) is 2. The summed E-state index contributed by atoms with van der Waals surface area (Å²) in [6, 6.07) is 7.28. The second-order valence-electron chi connectivity index (χ2n) is 4.38. The van der Waals surface area contributed by atoms with Crippen molar-refractivity contribution in [2.24, 2.45) is 5.73 Å². The van der Waals surface area contributed by atoms with Gasteiger partial charge in [0, 0.05) is 11.4 Å². The minimum absolute atomic E-state index is 0.327. The van der Waals surface area contributed by atoms with E-state index in [1.807, 2.05) is 10.7 Å². The number of hydrogen-bond acceptors (Lipinski definition) is 3. The van der Waals surface area contributed by atoms with Crippen molar-refractivity contribution < 1.29 is 4.79 Å². The van der Waals surface area contributed by atoms with Crippen molar-refractivity contribution in [2.75, 3.05) is 5.73 Å². The quantitative estimate of drug-likeness (QED) is 0.818. The van der Waals surface area contributed by atoms with Crippen LogP contribution in [0.25, 0.3) is 5.69 Å². The largest absolute Gasteiger partial charge is 0.398 e. The maximum atomic E-state index is 11.3. The maximum absolute atomic E-state index is 11.3. The number of carbonyl (C=O) groups is 1. The average Bonchev–Trinajstić information content (AvgIpc) is 2.82. The lowest BCUT2D eigenvalue weighted by Crippen LogP contribution is -2.14. The third-order valence-electron chi connectivity index (χ3n) is 3.11. The summed E-state index contributed by atoms with van der Waals surface area (Å²) in [5.41, 5.74) is 14.7. The molecular formula is C14H18N4O. The zero-order valence-corrected chi connectivity index (χ0v) is 11.2. The molecule has 0 spiro atoms. The fourth-order valence-corrected chi connectivity index (χ4v) is 2.01. The van der Waals surface area contributed by atoms with Gasteiger partial charge in [0.1, 0.15) is 0 Å². The number of aromatic nitrogens is 2. The lowest BCUT2D eigenvalue weighted by atomic mass is 10.1. The van der Waals surface area contributed by atoms with Crippen LogP contribution in [0.5, 0.6) is 0 Å². The normalized spacial score (nSPS) is 10.6. The number of amides is 1. The summed E-state index contributed by atoms with van der Waals surface area (Å²) in [5.74, 6) is -0.528. The summed E-state index contributed by atoms with van der Waals surface area (Å²) in [5, 5.41) is 4.52. The van der Waals surface area contributed by atoms with Crippen LogP contribution < -0.4 is 11.5 Å². The number of rotatable bonds is 4. The van der Waals surface area contributed by atoms with E-state index in [4.69, 9.17) is 11.5 Å². The van der Waals surface area contributed by atoms with E-state index in [0.29, 0.717) is 11.3 Å². The standard InChI is InChI=1S/C14H18N4O/c1-3-9-7-10(4-2)18(17-9)11-5-6-13(15)12(8-11)14(16)19/h5-8H,3-4,15H2,1-2H3,(H2,16,19). The molecule has 0 atom stereocenters. The van der Waals surface area contributed by atoms with Gasteiger partial charge in [0.25, 0.3) is 5.91 Å². The van der Waals surface area contributed by atoms with Gasteiger partial charge in [-0.25, -0.2) is 4.68 Å². The van der Waals surface area contributed by atoms with Gasteiger partial charge in [0.2, 0.25) is 0 Å². The van der Waals surface area contributed by atoms with Crippen LogP contribution in [-0.4, -0.2) is 15.7 Å². The Bertz CT molecular complexity index is 616. The third kappa shape index (κ3) is 2.45. The molecule has 0 aliphatic rings. The molecule has 1 heterocycles. The SMILES string of the molecule is CCc1cc(CC)n(-c2ccc(N)c(C(N)=O)c2)n1. The Morgan fingerprint density at radius 1 is 1.26 bits per heavy atom. The van der Waals surface area contributed by atoms with Crippen LogP contribution in [-0.2, 0) is 12.8 Å². The zero-order chi connectivity index (χ0) is 14.0. The average molecular weight is 258 g/mol. The number of aryl methyl sites for hydroxylation is 2. The van der Waals surface area contributed by atoms with E-state index < -0.39 is 5.91 Å². The highest BCUT2D eigenvalue weighted by molar-refractivity contribution is 5.98. The molecule has 100 valence electrons. The summed E-state index contributed by atoms with van der Waals surface area (Å²) in [7, 11) is 0. The van der Waals surface area contributed by atoms with Crippen molar-refractivity contribution in [1.29, 1.82) is 0 Å². The number of anilines is 1. The molecule has 0 saturated heterocycles. The van der Waals surface area contributed by atoms with Crippen molar-refractivity contribution in [3.63, 3.8) is 0 Å². The fourth-order valence-electron chi connectivity index (χ4n) is 2.01. The Morgan fingerprint density at radius 3 is 2.58 bits per heavy atom. The van der Waals surface area contributed by atoms with Crippen LogP contribution in [0.1, 0.15) is 35.6 Å². The maximum Gasteiger partial charge on any atom is 0.250 e. The number of nitrogen functional groups attached to an aromatic ring is 1. The molecule has 1 aromatic carbocycles. The summed E-state index contributed by atoms with van der Waals surface area (Å²) < 4.78 is 1.84. The molecule has 0 aliphatic heterocycles. The number of benzene rings is 1. The Labute approximate surface area is 112 Å². The smallest absolute Gasteiger partial charge is 0.250 e.